The number of fused-ring (bicyclic) bond motifs is 1. The summed E-state index contributed by atoms with van der Waals surface area (Å²) in [5.74, 6) is -1.76. The van der Waals surface area contributed by atoms with Gasteiger partial charge in [0.15, 0.2) is 0 Å². The van der Waals surface area contributed by atoms with Crippen LogP contribution in [0, 0.1) is 13.8 Å². The quantitative estimate of drug-likeness (QED) is 0.224. The Balaban J connectivity index is 1.55. The fraction of sp³-hybridized carbons (Fsp3) is 0.375. The molecule has 3 heterocycles. The Morgan fingerprint density at radius 3 is 2.41 bits per heavy atom. The van der Waals surface area contributed by atoms with Crippen LogP contribution in [0.25, 0.3) is 11.1 Å². The summed E-state index contributed by atoms with van der Waals surface area (Å²) in [6.45, 7) is 12.2. The lowest BCUT2D eigenvalue weighted by Crippen LogP contribution is -2.54. The first kappa shape index (κ1) is 28.5. The number of esters is 1. The molecule has 0 saturated carbocycles. The van der Waals surface area contributed by atoms with Crippen molar-refractivity contribution in [1.82, 2.24) is 9.88 Å². The van der Waals surface area contributed by atoms with Crippen LogP contribution in [0.5, 0.6) is 0 Å². The van der Waals surface area contributed by atoms with E-state index in [0.717, 1.165) is 58.1 Å². The number of benzene rings is 1. The molecule has 8 nitrogen and oxygen atoms in total. The summed E-state index contributed by atoms with van der Waals surface area (Å²) >= 11 is 1.60. The van der Waals surface area contributed by atoms with E-state index in [2.05, 4.69) is 26.1 Å². The van der Waals surface area contributed by atoms with Crippen LogP contribution >= 0.6 is 11.3 Å². The highest BCUT2D eigenvalue weighted by atomic mass is 32.1. The highest BCUT2D eigenvalue weighted by Crippen LogP contribution is 2.39. The van der Waals surface area contributed by atoms with Crippen LogP contribution in [0.3, 0.4) is 0 Å². The van der Waals surface area contributed by atoms with E-state index in [-0.39, 0.29) is 23.6 Å². The van der Waals surface area contributed by atoms with E-state index in [1.807, 2.05) is 36.6 Å². The van der Waals surface area contributed by atoms with Crippen LogP contribution in [-0.4, -0.2) is 35.0 Å². The van der Waals surface area contributed by atoms with Gasteiger partial charge in [-0.15, -0.1) is 11.3 Å². The SMILES string of the molecule is CCOC(=O)c1c(-n2c(C)cc(/C=C3/C(=O)NC(=O)N(c4ccc(C(C)(C)C)cc4)C3=O)c2C)sc2c1CCCC2. The van der Waals surface area contributed by atoms with E-state index in [1.165, 1.54) is 11.0 Å². The van der Waals surface area contributed by atoms with Crippen LogP contribution in [0.2, 0.25) is 0 Å². The Hall–Kier alpha value is -3.98. The number of aromatic nitrogens is 1. The van der Waals surface area contributed by atoms with Crippen molar-refractivity contribution in [2.75, 3.05) is 11.5 Å². The minimum absolute atomic E-state index is 0.0920. The van der Waals surface area contributed by atoms with E-state index in [1.54, 1.807) is 30.4 Å². The van der Waals surface area contributed by atoms with Gasteiger partial charge >= 0.3 is 12.0 Å². The smallest absolute Gasteiger partial charge is 0.341 e. The number of aryl methyl sites for hydroxylation is 2. The highest BCUT2D eigenvalue weighted by molar-refractivity contribution is 7.15. The van der Waals surface area contributed by atoms with Crippen molar-refractivity contribution >= 4 is 46.9 Å². The third-order valence-corrected chi connectivity index (χ3v) is 8.98. The number of carbonyl (C=O) groups excluding carboxylic acids is 4. The standard InChI is InChI=1S/C32H35N3O5S/c1-7-40-30(38)26-23-10-8-9-11-25(23)41-29(26)34-18(2)16-20(19(34)3)17-24-27(36)33-31(39)35(28(24)37)22-14-12-21(13-15-22)32(4,5)6/h12-17H,7-11H2,1-6H3,(H,33,36,39)/b24-17-. The number of thiophene rings is 1. The van der Waals surface area contributed by atoms with E-state index in [9.17, 15) is 19.2 Å². The predicted octanol–water partition coefficient (Wildman–Crippen LogP) is 6.18. The number of ether oxygens (including phenoxy) is 1. The molecule has 41 heavy (non-hydrogen) atoms. The lowest BCUT2D eigenvalue weighted by atomic mass is 9.87. The second-order valence-corrected chi connectivity index (χ2v) is 12.6. The van der Waals surface area contributed by atoms with Gasteiger partial charge in [0.1, 0.15) is 10.6 Å². The molecule has 9 heteroatoms. The molecular weight excluding hydrogens is 538 g/mol. The van der Waals surface area contributed by atoms with Crippen molar-refractivity contribution in [3.63, 3.8) is 0 Å². The van der Waals surface area contributed by atoms with E-state index in [0.29, 0.717) is 16.8 Å². The molecule has 1 saturated heterocycles. The molecule has 1 N–H and O–H groups in total. The summed E-state index contributed by atoms with van der Waals surface area (Å²) < 4.78 is 7.45. The van der Waals surface area contributed by atoms with Crippen LogP contribution in [0.4, 0.5) is 10.5 Å². The number of barbiturate groups is 1. The Bertz CT molecular complexity index is 1600. The first-order valence-corrected chi connectivity index (χ1v) is 14.8. The molecule has 0 spiro atoms. The molecule has 3 aromatic rings. The molecule has 2 aromatic heterocycles. The minimum Gasteiger partial charge on any atom is -0.462 e. The second-order valence-electron chi connectivity index (χ2n) is 11.5. The molecule has 1 aliphatic carbocycles. The van der Waals surface area contributed by atoms with Crippen LogP contribution < -0.4 is 10.2 Å². The van der Waals surface area contributed by atoms with Gasteiger partial charge < -0.3 is 9.30 Å². The average molecular weight is 574 g/mol. The van der Waals surface area contributed by atoms with Gasteiger partial charge in [-0.05, 0) is 92.8 Å². The van der Waals surface area contributed by atoms with Crippen LogP contribution in [0.15, 0.2) is 35.9 Å². The van der Waals surface area contributed by atoms with E-state index < -0.39 is 17.8 Å². The fourth-order valence-corrected chi connectivity index (χ4v) is 7.01. The van der Waals surface area contributed by atoms with Crippen LogP contribution in [0.1, 0.15) is 83.8 Å². The van der Waals surface area contributed by atoms with Gasteiger partial charge in [0.05, 0.1) is 17.9 Å². The number of nitrogens with one attached hydrogen (secondary N) is 1. The lowest BCUT2D eigenvalue weighted by Gasteiger charge is -2.27. The van der Waals surface area contributed by atoms with Crippen molar-refractivity contribution in [1.29, 1.82) is 0 Å². The number of carbonyl (C=O) groups is 4. The van der Waals surface area contributed by atoms with Gasteiger partial charge in [-0.1, -0.05) is 32.9 Å². The number of nitrogens with zero attached hydrogens (tertiary/aromatic N) is 2. The summed E-state index contributed by atoms with van der Waals surface area (Å²) in [5, 5.41) is 3.11. The van der Waals surface area contributed by atoms with Crippen molar-refractivity contribution < 1.29 is 23.9 Å². The number of urea groups is 1. The molecule has 1 aromatic carbocycles. The summed E-state index contributed by atoms with van der Waals surface area (Å²) in [5.41, 5.74) is 5.16. The van der Waals surface area contributed by atoms with Gasteiger partial charge in [-0.25, -0.2) is 14.5 Å². The number of rotatable bonds is 5. The van der Waals surface area contributed by atoms with Crippen molar-refractivity contribution in [2.45, 2.75) is 72.6 Å². The summed E-state index contributed by atoms with van der Waals surface area (Å²) in [6, 6.07) is 8.29. The zero-order valence-electron chi connectivity index (χ0n) is 24.3. The Morgan fingerprint density at radius 2 is 1.76 bits per heavy atom. The molecule has 5 rings (SSSR count). The van der Waals surface area contributed by atoms with Crippen LogP contribution in [-0.2, 0) is 32.6 Å². The largest absolute Gasteiger partial charge is 0.462 e. The average Bonchev–Trinajstić information content (AvgIpc) is 3.42. The zero-order chi connectivity index (χ0) is 29.6. The van der Waals surface area contributed by atoms with Gasteiger partial charge in [-0.3, -0.25) is 14.9 Å². The Labute approximate surface area is 244 Å². The zero-order valence-corrected chi connectivity index (χ0v) is 25.2. The molecule has 4 amide bonds. The first-order valence-electron chi connectivity index (χ1n) is 13.9. The maximum absolute atomic E-state index is 13.6. The third kappa shape index (κ3) is 5.14. The maximum atomic E-state index is 13.6. The third-order valence-electron chi connectivity index (χ3n) is 7.70. The topological polar surface area (TPSA) is 97.7 Å². The van der Waals surface area contributed by atoms with Crippen molar-refractivity contribution in [3.05, 3.63) is 74.4 Å². The second kappa shape index (κ2) is 10.8. The lowest BCUT2D eigenvalue weighted by molar-refractivity contribution is -0.122. The first-order chi connectivity index (χ1) is 19.4. The van der Waals surface area contributed by atoms with Gasteiger partial charge in [0.25, 0.3) is 11.8 Å². The maximum Gasteiger partial charge on any atom is 0.341 e. The molecule has 2 aliphatic rings. The van der Waals surface area contributed by atoms with E-state index in [4.69, 9.17) is 4.74 Å². The molecule has 214 valence electrons. The normalized spacial score (nSPS) is 16.7. The highest BCUT2D eigenvalue weighted by Gasteiger charge is 2.37. The number of imide groups is 2. The number of amides is 4. The Kier molecular flexibility index (Phi) is 7.50. The predicted molar refractivity (Wildman–Crippen MR) is 160 cm³/mol. The molecule has 1 aliphatic heterocycles. The summed E-state index contributed by atoms with van der Waals surface area (Å²) in [4.78, 5) is 54.5. The van der Waals surface area contributed by atoms with Gasteiger partial charge in [0, 0.05) is 16.3 Å². The number of hydrogen-bond donors (Lipinski definition) is 1. The summed E-state index contributed by atoms with van der Waals surface area (Å²) in [6.07, 6.45) is 5.41. The monoisotopic (exact) mass is 573 g/mol. The molecule has 0 bridgehead atoms. The fourth-order valence-electron chi connectivity index (χ4n) is 5.53. The van der Waals surface area contributed by atoms with Crippen molar-refractivity contribution in [3.8, 4) is 5.00 Å². The van der Waals surface area contributed by atoms with E-state index >= 15 is 0 Å². The number of anilines is 1. The van der Waals surface area contributed by atoms with Gasteiger partial charge in [0.2, 0.25) is 0 Å². The molecule has 0 radical (unpaired) electrons. The minimum atomic E-state index is -0.783. The molecule has 0 unspecified atom stereocenters. The molecule has 0 atom stereocenters. The Morgan fingerprint density at radius 1 is 1.07 bits per heavy atom. The number of hydrogen-bond acceptors (Lipinski definition) is 6. The summed E-state index contributed by atoms with van der Waals surface area (Å²) in [7, 11) is 0. The van der Waals surface area contributed by atoms with Gasteiger partial charge in [-0.2, -0.15) is 0 Å². The molecular formula is C32H35N3O5S. The molecule has 1 fully saturated rings. The van der Waals surface area contributed by atoms with Crippen molar-refractivity contribution in [2.24, 2.45) is 0 Å².